The topological polar surface area (TPSA) is 113 Å². The van der Waals surface area contributed by atoms with Crippen LogP contribution in [0.3, 0.4) is 0 Å². The van der Waals surface area contributed by atoms with Gasteiger partial charge in [0.15, 0.2) is 0 Å². The van der Waals surface area contributed by atoms with Gasteiger partial charge in [0.25, 0.3) is 0 Å². The summed E-state index contributed by atoms with van der Waals surface area (Å²) < 4.78 is 55.7. The highest BCUT2D eigenvalue weighted by Crippen LogP contribution is 2.44. The molecule has 0 saturated carbocycles. The maximum atomic E-state index is 12.6. The molecule has 1 amide bonds. The van der Waals surface area contributed by atoms with Gasteiger partial charge in [0, 0.05) is 26.1 Å². The molecule has 1 aliphatic rings. The van der Waals surface area contributed by atoms with Crippen LogP contribution in [-0.2, 0) is 47.4 Å². The zero-order valence-electron chi connectivity index (χ0n) is 34.4. The number of fused-ring (bicyclic) bond motifs is 3. The first-order chi connectivity index (χ1) is 27.7. The van der Waals surface area contributed by atoms with Crippen molar-refractivity contribution in [2.45, 2.75) is 64.2 Å². The van der Waals surface area contributed by atoms with Gasteiger partial charge in [0.2, 0.25) is 0 Å². The molecule has 0 radical (unpaired) electrons. The van der Waals surface area contributed by atoms with Crippen LogP contribution < -0.4 is 0 Å². The van der Waals surface area contributed by atoms with E-state index in [1.807, 2.05) is 24.3 Å². The Morgan fingerprint density at radius 3 is 1.21 bits per heavy atom. The molecule has 12 heteroatoms. The lowest BCUT2D eigenvalue weighted by Gasteiger charge is -2.19. The summed E-state index contributed by atoms with van der Waals surface area (Å²) in [6.45, 7) is 12.5. The number of rotatable bonds is 38. The van der Waals surface area contributed by atoms with E-state index in [1.165, 1.54) is 72.1 Å². The molecular weight excluding hydrogens is 718 g/mol. The van der Waals surface area contributed by atoms with Gasteiger partial charge in [-0.3, -0.25) is 0 Å². The van der Waals surface area contributed by atoms with Crippen molar-refractivity contribution < 1.29 is 52.2 Å². The standard InChI is InChI=1S/C44H71NO11/c1-3-4-5-6-7-8-9-14-20-47-22-24-49-26-28-51-30-32-53-34-36-55-37-35-54-33-31-52-29-27-50-25-23-48-21-19-45(2)44(46)56-38-43-41-17-12-10-15-39(41)40-16-11-13-18-42(40)43/h10-13,15-18,43H,3-9,14,19-38H2,1-2H3. The molecule has 0 unspecified atom stereocenters. The first-order valence-corrected chi connectivity index (χ1v) is 21.0. The molecule has 1 aliphatic carbocycles. The first-order valence-electron chi connectivity index (χ1n) is 21.0. The number of carbonyl (C=O) groups is 1. The lowest BCUT2D eigenvalue weighted by molar-refractivity contribution is -0.0252. The molecule has 0 fully saturated rings. The Bertz CT molecular complexity index is 1190. The average molecular weight is 790 g/mol. The number of amides is 1. The molecule has 0 aliphatic heterocycles. The van der Waals surface area contributed by atoms with Crippen LogP contribution >= 0.6 is 0 Å². The van der Waals surface area contributed by atoms with E-state index in [0.29, 0.717) is 125 Å². The minimum Gasteiger partial charge on any atom is -0.448 e. The Hall–Kier alpha value is -2.65. The van der Waals surface area contributed by atoms with Crippen molar-refractivity contribution in [3.8, 4) is 11.1 Å². The molecule has 2 aromatic carbocycles. The van der Waals surface area contributed by atoms with E-state index in [0.717, 1.165) is 13.0 Å². The van der Waals surface area contributed by atoms with Crippen LogP contribution in [0.1, 0.15) is 75.3 Å². The number of likely N-dealkylation sites (N-methyl/N-ethyl adjacent to an activating group) is 1. The van der Waals surface area contributed by atoms with E-state index in [2.05, 4.69) is 31.2 Å². The Morgan fingerprint density at radius 2 is 0.804 bits per heavy atom. The second kappa shape index (κ2) is 33.3. The van der Waals surface area contributed by atoms with Gasteiger partial charge in [0.05, 0.1) is 112 Å². The van der Waals surface area contributed by atoms with Crippen LogP contribution in [0.15, 0.2) is 48.5 Å². The van der Waals surface area contributed by atoms with E-state index in [1.54, 1.807) is 7.05 Å². The van der Waals surface area contributed by atoms with Crippen LogP contribution in [0.2, 0.25) is 0 Å². The minimum atomic E-state index is -0.360. The number of hydrogen-bond acceptors (Lipinski definition) is 11. The quantitative estimate of drug-likeness (QED) is 0.0647. The normalized spacial score (nSPS) is 12.2. The average Bonchev–Trinajstić information content (AvgIpc) is 3.54. The summed E-state index contributed by atoms with van der Waals surface area (Å²) in [6.07, 6.45) is 10.1. The second-order valence-electron chi connectivity index (χ2n) is 13.7. The third kappa shape index (κ3) is 21.8. The van der Waals surface area contributed by atoms with E-state index in [-0.39, 0.29) is 12.0 Å². The van der Waals surface area contributed by atoms with Crippen LogP contribution in [-0.4, -0.2) is 150 Å². The molecule has 0 bridgehead atoms. The van der Waals surface area contributed by atoms with Crippen molar-refractivity contribution in [2.75, 3.05) is 139 Å². The van der Waals surface area contributed by atoms with Gasteiger partial charge in [-0.15, -0.1) is 0 Å². The lowest BCUT2D eigenvalue weighted by atomic mass is 9.98. The number of ether oxygens (including phenoxy) is 10. The van der Waals surface area contributed by atoms with Crippen molar-refractivity contribution in [3.63, 3.8) is 0 Å². The van der Waals surface area contributed by atoms with Gasteiger partial charge >= 0.3 is 6.09 Å². The van der Waals surface area contributed by atoms with Gasteiger partial charge in [-0.25, -0.2) is 4.79 Å². The SMILES string of the molecule is CCCCCCCCCCOCCOCCOCCOCCOCCOCCOCCOCCOCCN(C)C(=O)OCC1c2ccccc2-c2ccccc21. The summed E-state index contributed by atoms with van der Waals surface area (Å²) in [5.41, 5.74) is 4.81. The van der Waals surface area contributed by atoms with Crippen molar-refractivity contribution in [1.82, 2.24) is 4.90 Å². The molecule has 2 aromatic rings. The number of nitrogens with zero attached hydrogens (tertiary/aromatic N) is 1. The number of carbonyl (C=O) groups excluding carboxylic acids is 1. The molecule has 3 rings (SSSR count). The fraction of sp³-hybridized carbons (Fsp3) is 0.705. The maximum absolute atomic E-state index is 12.6. The van der Waals surface area contributed by atoms with Gasteiger partial charge in [0.1, 0.15) is 6.61 Å². The zero-order chi connectivity index (χ0) is 39.6. The molecule has 0 N–H and O–H groups in total. The Kier molecular flexibility index (Phi) is 28.4. The van der Waals surface area contributed by atoms with Gasteiger partial charge in [-0.05, 0) is 28.7 Å². The first kappa shape index (κ1) is 47.7. The molecule has 0 heterocycles. The molecule has 0 aromatic heterocycles. The number of hydrogen-bond donors (Lipinski definition) is 0. The summed E-state index contributed by atoms with van der Waals surface area (Å²) in [5.74, 6) is 0.0418. The summed E-state index contributed by atoms with van der Waals surface area (Å²) in [7, 11) is 1.72. The highest BCUT2D eigenvalue weighted by atomic mass is 16.6. The van der Waals surface area contributed by atoms with Gasteiger partial charge in [-0.1, -0.05) is 100 Å². The molecule has 0 saturated heterocycles. The lowest BCUT2D eigenvalue weighted by Crippen LogP contribution is -2.32. The van der Waals surface area contributed by atoms with Crippen molar-refractivity contribution in [2.24, 2.45) is 0 Å². The maximum Gasteiger partial charge on any atom is 0.409 e. The minimum absolute atomic E-state index is 0.0418. The largest absolute Gasteiger partial charge is 0.448 e. The highest BCUT2D eigenvalue weighted by Gasteiger charge is 2.29. The summed E-state index contributed by atoms with van der Waals surface area (Å²) >= 11 is 0. The van der Waals surface area contributed by atoms with Crippen LogP contribution in [0, 0.1) is 0 Å². The third-order valence-corrected chi connectivity index (χ3v) is 9.34. The van der Waals surface area contributed by atoms with Crippen LogP contribution in [0.4, 0.5) is 4.79 Å². The van der Waals surface area contributed by atoms with Crippen molar-refractivity contribution in [3.05, 3.63) is 59.7 Å². The number of unbranched alkanes of at least 4 members (excludes halogenated alkanes) is 7. The predicted molar refractivity (Wildman–Crippen MR) is 218 cm³/mol. The Labute approximate surface area is 336 Å². The third-order valence-electron chi connectivity index (χ3n) is 9.34. The fourth-order valence-corrected chi connectivity index (χ4v) is 6.20. The second-order valence-corrected chi connectivity index (χ2v) is 13.7. The van der Waals surface area contributed by atoms with Crippen LogP contribution in [0.25, 0.3) is 11.1 Å². The molecule has 56 heavy (non-hydrogen) atoms. The zero-order valence-corrected chi connectivity index (χ0v) is 34.4. The Balaban J connectivity index is 0.961. The summed E-state index contributed by atoms with van der Waals surface area (Å²) in [5, 5.41) is 0. The fourth-order valence-electron chi connectivity index (χ4n) is 6.20. The highest BCUT2D eigenvalue weighted by molar-refractivity contribution is 5.79. The molecular formula is C44H71NO11. The molecule has 12 nitrogen and oxygen atoms in total. The van der Waals surface area contributed by atoms with Crippen LogP contribution in [0.5, 0.6) is 0 Å². The predicted octanol–water partition coefficient (Wildman–Crippen LogP) is 7.16. The molecule has 0 spiro atoms. The van der Waals surface area contributed by atoms with E-state index in [9.17, 15) is 4.79 Å². The number of benzene rings is 2. The van der Waals surface area contributed by atoms with E-state index < -0.39 is 0 Å². The van der Waals surface area contributed by atoms with Gasteiger partial charge < -0.3 is 52.3 Å². The van der Waals surface area contributed by atoms with E-state index >= 15 is 0 Å². The smallest absolute Gasteiger partial charge is 0.409 e. The summed E-state index contributed by atoms with van der Waals surface area (Å²) in [4.78, 5) is 14.2. The van der Waals surface area contributed by atoms with E-state index in [4.69, 9.17) is 47.4 Å². The monoisotopic (exact) mass is 790 g/mol. The van der Waals surface area contributed by atoms with Crippen molar-refractivity contribution >= 4 is 6.09 Å². The summed E-state index contributed by atoms with van der Waals surface area (Å²) in [6, 6.07) is 16.6. The Morgan fingerprint density at radius 1 is 0.464 bits per heavy atom. The van der Waals surface area contributed by atoms with Gasteiger partial charge in [-0.2, -0.15) is 0 Å². The van der Waals surface area contributed by atoms with Crippen molar-refractivity contribution in [1.29, 1.82) is 0 Å². The molecule has 0 atom stereocenters. The molecule has 318 valence electrons.